The van der Waals surface area contributed by atoms with Crippen LogP contribution in [0.25, 0.3) is 0 Å². The van der Waals surface area contributed by atoms with Gasteiger partial charge in [-0.3, -0.25) is 0 Å². The highest BCUT2D eigenvalue weighted by Gasteiger charge is 2.26. The zero-order valence-corrected chi connectivity index (χ0v) is 11.8. The van der Waals surface area contributed by atoms with E-state index in [0.717, 1.165) is 18.6 Å². The van der Waals surface area contributed by atoms with Gasteiger partial charge < -0.3 is 10.3 Å². The molecule has 0 unspecified atom stereocenters. The van der Waals surface area contributed by atoms with Crippen molar-refractivity contribution >= 4 is 27.6 Å². The van der Waals surface area contributed by atoms with E-state index in [1.54, 1.807) is 0 Å². The van der Waals surface area contributed by atoms with Gasteiger partial charge in [-0.15, -0.1) is 0 Å². The summed E-state index contributed by atoms with van der Waals surface area (Å²) in [5, 5.41) is 3.80. The third-order valence-corrected chi connectivity index (χ3v) is 5.86. The van der Waals surface area contributed by atoms with Crippen molar-refractivity contribution in [3.05, 3.63) is 5.76 Å². The normalized spacial score (nSPS) is 21.1. The van der Waals surface area contributed by atoms with Gasteiger partial charge in [0.05, 0.1) is 0 Å². The first kappa shape index (κ1) is 13.7. The van der Waals surface area contributed by atoms with Crippen LogP contribution in [0.5, 0.6) is 0 Å². The van der Waals surface area contributed by atoms with Crippen molar-refractivity contribution in [2.75, 3.05) is 18.0 Å². The lowest BCUT2D eigenvalue weighted by Gasteiger charge is -2.21. The number of rotatable bonds is 4. The summed E-state index contributed by atoms with van der Waals surface area (Å²) in [6, 6.07) is 0. The smallest absolute Gasteiger partial charge is 0.247 e. The molecule has 0 amide bonds. The van der Waals surface area contributed by atoms with Gasteiger partial charge in [-0.25, -0.2) is 13.1 Å². The summed E-state index contributed by atoms with van der Waals surface area (Å²) in [4.78, 5) is -0.0386. The molecule has 1 aromatic rings. The Morgan fingerprint density at radius 1 is 1.56 bits per heavy atom. The van der Waals surface area contributed by atoms with Gasteiger partial charge >= 0.3 is 0 Å². The van der Waals surface area contributed by atoms with Crippen molar-refractivity contribution in [3.8, 4) is 0 Å². The third-order valence-electron chi connectivity index (χ3n) is 2.88. The first-order chi connectivity index (χ1) is 8.50. The molecule has 1 fully saturated rings. The quantitative estimate of drug-likeness (QED) is 0.863. The van der Waals surface area contributed by atoms with Gasteiger partial charge in [-0.2, -0.15) is 11.8 Å². The van der Waals surface area contributed by atoms with Gasteiger partial charge in [-0.1, -0.05) is 11.6 Å². The van der Waals surface area contributed by atoms with Crippen molar-refractivity contribution in [3.63, 3.8) is 0 Å². The minimum absolute atomic E-state index is 0.0386. The number of nitrogens with one attached hydrogen (secondary N) is 1. The molecule has 1 aliphatic rings. The summed E-state index contributed by atoms with van der Waals surface area (Å²) >= 11 is 1.81. The van der Waals surface area contributed by atoms with Crippen LogP contribution in [0.2, 0.25) is 0 Å². The molecule has 3 N–H and O–H groups in total. The molecule has 0 bridgehead atoms. The molecule has 102 valence electrons. The van der Waals surface area contributed by atoms with E-state index in [4.69, 9.17) is 10.3 Å². The first-order valence-electron chi connectivity index (χ1n) is 5.83. The Hall–Kier alpha value is -0.730. The van der Waals surface area contributed by atoms with Gasteiger partial charge in [0.1, 0.15) is 0 Å². The minimum Gasteiger partial charge on any atom is -0.380 e. The zero-order valence-electron chi connectivity index (χ0n) is 10.2. The number of nitrogens with two attached hydrogens (primary N) is 1. The van der Waals surface area contributed by atoms with Gasteiger partial charge in [0.2, 0.25) is 10.0 Å². The summed E-state index contributed by atoms with van der Waals surface area (Å²) in [6.45, 7) is 1.96. The molecule has 0 aliphatic carbocycles. The molecule has 1 aromatic heterocycles. The minimum atomic E-state index is -3.62. The Balaban J connectivity index is 2.03. The van der Waals surface area contributed by atoms with Crippen molar-refractivity contribution in [2.24, 2.45) is 0 Å². The van der Waals surface area contributed by atoms with Crippen molar-refractivity contribution in [2.45, 2.75) is 36.3 Å². The SMILES string of the molecule is Cc1onc(N)c1S(=O)(=O)NC[C@@H]1CCCCS1. The number of aromatic nitrogens is 1. The van der Waals surface area contributed by atoms with Gasteiger partial charge in [0.15, 0.2) is 16.5 Å². The predicted octanol–water partition coefficient (Wildman–Crippen LogP) is 1.13. The lowest BCUT2D eigenvalue weighted by atomic mass is 10.2. The average Bonchev–Trinajstić information content (AvgIpc) is 2.69. The molecule has 0 radical (unpaired) electrons. The van der Waals surface area contributed by atoms with Gasteiger partial charge in [0.25, 0.3) is 0 Å². The summed E-state index contributed by atoms with van der Waals surface area (Å²) in [5.74, 6) is 1.23. The average molecular weight is 291 g/mol. The van der Waals surface area contributed by atoms with Crippen LogP contribution >= 0.6 is 11.8 Å². The van der Waals surface area contributed by atoms with Crippen molar-refractivity contribution < 1.29 is 12.9 Å². The Morgan fingerprint density at radius 2 is 2.33 bits per heavy atom. The predicted molar refractivity (Wildman–Crippen MR) is 70.9 cm³/mol. The zero-order chi connectivity index (χ0) is 13.2. The number of anilines is 1. The molecule has 8 heteroatoms. The number of nitrogens with zero attached hydrogens (tertiary/aromatic N) is 1. The fraction of sp³-hybridized carbons (Fsp3) is 0.700. The second-order valence-corrected chi connectivity index (χ2v) is 7.41. The van der Waals surface area contributed by atoms with E-state index < -0.39 is 10.0 Å². The molecule has 1 atom stereocenters. The Morgan fingerprint density at radius 3 is 2.89 bits per heavy atom. The maximum absolute atomic E-state index is 12.1. The molecule has 2 heterocycles. The monoisotopic (exact) mass is 291 g/mol. The Bertz CT molecular complexity index is 487. The lowest BCUT2D eigenvalue weighted by molar-refractivity contribution is 0.396. The number of nitrogen functional groups attached to an aromatic ring is 1. The van der Waals surface area contributed by atoms with E-state index in [2.05, 4.69) is 9.88 Å². The fourth-order valence-electron chi connectivity index (χ4n) is 1.95. The second kappa shape index (κ2) is 5.50. The van der Waals surface area contributed by atoms with E-state index in [9.17, 15) is 8.42 Å². The summed E-state index contributed by atoms with van der Waals surface area (Å²) in [6.07, 6.45) is 3.42. The molecular formula is C10H17N3O3S2. The van der Waals surface area contributed by atoms with Crippen molar-refractivity contribution in [1.82, 2.24) is 9.88 Å². The number of hydrogen-bond acceptors (Lipinski definition) is 6. The molecule has 2 rings (SSSR count). The third kappa shape index (κ3) is 2.99. The van der Waals surface area contributed by atoms with Crippen molar-refractivity contribution in [1.29, 1.82) is 0 Å². The molecule has 18 heavy (non-hydrogen) atoms. The van der Waals surface area contributed by atoms with Crippen LogP contribution in [-0.4, -0.2) is 31.1 Å². The highest BCUT2D eigenvalue weighted by Crippen LogP contribution is 2.26. The molecule has 6 nitrogen and oxygen atoms in total. The summed E-state index contributed by atoms with van der Waals surface area (Å²) < 4.78 is 31.5. The fourth-order valence-corrected chi connectivity index (χ4v) is 4.59. The van der Waals surface area contributed by atoms with Crippen LogP contribution in [0, 0.1) is 6.92 Å². The number of hydrogen-bond donors (Lipinski definition) is 2. The van der Waals surface area contributed by atoms with Crippen LogP contribution in [0.15, 0.2) is 9.42 Å². The maximum Gasteiger partial charge on any atom is 0.247 e. The van der Waals surface area contributed by atoms with Crippen LogP contribution in [0.3, 0.4) is 0 Å². The highest BCUT2D eigenvalue weighted by molar-refractivity contribution is 8.00. The van der Waals surface area contributed by atoms with E-state index in [0.29, 0.717) is 11.8 Å². The van der Waals surface area contributed by atoms with Crippen LogP contribution in [-0.2, 0) is 10.0 Å². The maximum atomic E-state index is 12.1. The number of thioether (sulfide) groups is 1. The Labute approximate surface area is 111 Å². The summed E-state index contributed by atoms with van der Waals surface area (Å²) in [5.41, 5.74) is 5.51. The largest absolute Gasteiger partial charge is 0.380 e. The van der Waals surface area contributed by atoms with Crippen LogP contribution < -0.4 is 10.5 Å². The summed E-state index contributed by atoms with van der Waals surface area (Å²) in [7, 11) is -3.62. The first-order valence-corrected chi connectivity index (χ1v) is 8.37. The number of sulfonamides is 1. The molecule has 1 saturated heterocycles. The molecule has 0 aromatic carbocycles. The topological polar surface area (TPSA) is 98.2 Å². The van der Waals surface area contributed by atoms with Gasteiger partial charge in [0, 0.05) is 11.8 Å². The van der Waals surface area contributed by atoms with E-state index >= 15 is 0 Å². The lowest BCUT2D eigenvalue weighted by Crippen LogP contribution is -2.32. The standard InChI is InChI=1S/C10H17N3O3S2/c1-7-9(10(11)13-16-7)18(14,15)12-6-8-4-2-3-5-17-8/h8,12H,2-6H2,1H3,(H2,11,13)/t8-/m0/s1. The van der Waals surface area contributed by atoms with Crippen LogP contribution in [0.4, 0.5) is 5.82 Å². The van der Waals surface area contributed by atoms with Crippen LogP contribution in [0.1, 0.15) is 25.0 Å². The second-order valence-electron chi connectivity index (χ2n) is 4.29. The van der Waals surface area contributed by atoms with Gasteiger partial charge in [-0.05, 0) is 25.5 Å². The number of aryl methyl sites for hydroxylation is 1. The Kier molecular flexibility index (Phi) is 4.18. The molecule has 0 spiro atoms. The van der Waals surface area contributed by atoms with E-state index in [1.807, 2.05) is 11.8 Å². The molecule has 1 aliphatic heterocycles. The molecular weight excluding hydrogens is 274 g/mol. The van der Waals surface area contributed by atoms with E-state index in [1.165, 1.54) is 13.3 Å². The van der Waals surface area contributed by atoms with E-state index in [-0.39, 0.29) is 16.5 Å². The molecule has 0 saturated carbocycles. The highest BCUT2D eigenvalue weighted by atomic mass is 32.2.